The van der Waals surface area contributed by atoms with E-state index in [4.69, 9.17) is 15.2 Å². The molecule has 0 aliphatic heterocycles. The lowest BCUT2D eigenvalue weighted by atomic mass is 9.74. The van der Waals surface area contributed by atoms with Gasteiger partial charge >= 0.3 is 0 Å². The molecule has 0 heterocycles. The predicted octanol–water partition coefficient (Wildman–Crippen LogP) is 1.95. The minimum Gasteiger partial charge on any atom is -0.379 e. The average Bonchev–Trinajstić information content (AvgIpc) is 2.18. The van der Waals surface area contributed by atoms with Crippen LogP contribution in [0.25, 0.3) is 0 Å². The molecule has 0 bridgehead atoms. The van der Waals surface area contributed by atoms with Gasteiger partial charge in [-0.3, -0.25) is 0 Å². The normalized spacial score (nSPS) is 30.4. The first-order chi connectivity index (χ1) is 7.05. The summed E-state index contributed by atoms with van der Waals surface area (Å²) in [6.07, 6.45) is 3.57. The second kappa shape index (κ2) is 5.83. The van der Waals surface area contributed by atoms with Crippen molar-refractivity contribution < 1.29 is 9.47 Å². The number of hydrogen-bond donors (Lipinski definition) is 1. The topological polar surface area (TPSA) is 44.5 Å². The first kappa shape index (κ1) is 12.9. The van der Waals surface area contributed by atoms with Crippen molar-refractivity contribution in [2.24, 2.45) is 11.1 Å². The Morgan fingerprint density at radius 3 is 2.73 bits per heavy atom. The smallest absolute Gasteiger partial charge is 0.0732 e. The molecule has 0 radical (unpaired) electrons. The molecule has 1 aliphatic carbocycles. The van der Waals surface area contributed by atoms with Crippen LogP contribution in [0, 0.1) is 5.41 Å². The third-order valence-electron chi connectivity index (χ3n) is 3.15. The number of nitrogens with two attached hydrogens (primary N) is 1. The minimum atomic E-state index is 0.208. The van der Waals surface area contributed by atoms with Gasteiger partial charge in [0.1, 0.15) is 0 Å². The van der Waals surface area contributed by atoms with Gasteiger partial charge in [0.25, 0.3) is 0 Å². The average molecular weight is 215 g/mol. The van der Waals surface area contributed by atoms with Crippen molar-refractivity contribution in [3.05, 3.63) is 0 Å². The Morgan fingerprint density at radius 2 is 2.07 bits per heavy atom. The van der Waals surface area contributed by atoms with Gasteiger partial charge in [-0.25, -0.2) is 0 Å². The van der Waals surface area contributed by atoms with Gasteiger partial charge in [-0.1, -0.05) is 13.8 Å². The molecule has 1 rings (SSSR count). The third-order valence-corrected chi connectivity index (χ3v) is 3.15. The summed E-state index contributed by atoms with van der Waals surface area (Å²) in [5.74, 6) is 0. The van der Waals surface area contributed by atoms with Crippen molar-refractivity contribution in [2.45, 2.75) is 52.2 Å². The van der Waals surface area contributed by atoms with Crippen LogP contribution in [0.3, 0.4) is 0 Å². The Kier molecular flexibility index (Phi) is 5.03. The van der Waals surface area contributed by atoms with Gasteiger partial charge in [0.15, 0.2) is 0 Å². The van der Waals surface area contributed by atoms with Crippen LogP contribution in [0.4, 0.5) is 0 Å². The Morgan fingerprint density at radius 1 is 1.33 bits per heavy atom. The molecule has 0 aromatic heterocycles. The molecule has 2 unspecified atom stereocenters. The summed E-state index contributed by atoms with van der Waals surface area (Å²) >= 11 is 0. The Bertz CT molecular complexity index is 182. The quantitative estimate of drug-likeness (QED) is 0.713. The molecule has 2 atom stereocenters. The van der Waals surface area contributed by atoms with Crippen LogP contribution in [0.2, 0.25) is 0 Å². The fourth-order valence-corrected chi connectivity index (χ4v) is 2.13. The molecular weight excluding hydrogens is 190 g/mol. The van der Waals surface area contributed by atoms with E-state index in [2.05, 4.69) is 13.8 Å². The predicted molar refractivity (Wildman–Crippen MR) is 61.8 cm³/mol. The molecule has 1 saturated carbocycles. The number of rotatable bonds is 5. The van der Waals surface area contributed by atoms with Gasteiger partial charge < -0.3 is 15.2 Å². The van der Waals surface area contributed by atoms with E-state index in [0.717, 1.165) is 19.4 Å². The summed E-state index contributed by atoms with van der Waals surface area (Å²) in [6, 6.07) is 0.208. The second-order valence-electron chi connectivity index (χ2n) is 5.18. The minimum absolute atomic E-state index is 0.208. The van der Waals surface area contributed by atoms with E-state index in [1.807, 2.05) is 6.92 Å². The summed E-state index contributed by atoms with van der Waals surface area (Å²) in [6.45, 7) is 8.68. The number of hydrogen-bond acceptors (Lipinski definition) is 3. The third kappa shape index (κ3) is 4.49. The van der Waals surface area contributed by atoms with Crippen molar-refractivity contribution >= 4 is 0 Å². The maximum atomic E-state index is 6.05. The first-order valence-corrected chi connectivity index (χ1v) is 6.00. The van der Waals surface area contributed by atoms with Crippen LogP contribution in [0.1, 0.15) is 40.0 Å². The van der Waals surface area contributed by atoms with Crippen molar-refractivity contribution in [3.63, 3.8) is 0 Å². The van der Waals surface area contributed by atoms with Crippen LogP contribution in [0.5, 0.6) is 0 Å². The second-order valence-corrected chi connectivity index (χ2v) is 5.18. The SMILES string of the molecule is CCOCCOC1CC(C)(C)CCC1N. The standard InChI is InChI=1S/C12H25NO2/c1-4-14-7-8-15-11-9-12(2,3)6-5-10(11)13/h10-11H,4-9,13H2,1-3H3. The molecule has 15 heavy (non-hydrogen) atoms. The summed E-state index contributed by atoms with van der Waals surface area (Å²) in [5, 5.41) is 0. The maximum absolute atomic E-state index is 6.05. The highest BCUT2D eigenvalue weighted by Crippen LogP contribution is 2.35. The van der Waals surface area contributed by atoms with E-state index in [1.165, 1.54) is 6.42 Å². The van der Waals surface area contributed by atoms with E-state index >= 15 is 0 Å². The molecule has 0 aromatic rings. The Balaban J connectivity index is 2.25. The monoisotopic (exact) mass is 215 g/mol. The summed E-state index contributed by atoms with van der Waals surface area (Å²) in [7, 11) is 0. The van der Waals surface area contributed by atoms with Gasteiger partial charge in [0, 0.05) is 12.6 Å². The van der Waals surface area contributed by atoms with E-state index in [1.54, 1.807) is 0 Å². The lowest BCUT2D eigenvalue weighted by molar-refractivity contribution is -0.0409. The van der Waals surface area contributed by atoms with Gasteiger partial charge in [-0.2, -0.15) is 0 Å². The molecule has 1 fully saturated rings. The van der Waals surface area contributed by atoms with Crippen LogP contribution in [-0.4, -0.2) is 32.0 Å². The molecule has 0 aromatic carbocycles. The maximum Gasteiger partial charge on any atom is 0.0732 e. The first-order valence-electron chi connectivity index (χ1n) is 6.00. The van der Waals surface area contributed by atoms with Gasteiger partial charge in [-0.15, -0.1) is 0 Å². The van der Waals surface area contributed by atoms with Crippen LogP contribution < -0.4 is 5.73 Å². The fraction of sp³-hybridized carbons (Fsp3) is 1.00. The van der Waals surface area contributed by atoms with Gasteiger partial charge in [-0.05, 0) is 31.6 Å². The van der Waals surface area contributed by atoms with E-state index < -0.39 is 0 Å². The molecule has 3 nitrogen and oxygen atoms in total. The van der Waals surface area contributed by atoms with Crippen molar-refractivity contribution in [3.8, 4) is 0 Å². The van der Waals surface area contributed by atoms with Crippen LogP contribution >= 0.6 is 0 Å². The lowest BCUT2D eigenvalue weighted by Gasteiger charge is -2.38. The Hall–Kier alpha value is -0.120. The lowest BCUT2D eigenvalue weighted by Crippen LogP contribution is -2.45. The van der Waals surface area contributed by atoms with Gasteiger partial charge in [0.05, 0.1) is 19.3 Å². The molecule has 0 amide bonds. The number of ether oxygens (including phenoxy) is 2. The molecule has 3 heteroatoms. The van der Waals surface area contributed by atoms with Crippen LogP contribution in [0.15, 0.2) is 0 Å². The van der Waals surface area contributed by atoms with E-state index in [0.29, 0.717) is 18.6 Å². The zero-order valence-corrected chi connectivity index (χ0v) is 10.3. The van der Waals surface area contributed by atoms with E-state index in [-0.39, 0.29) is 12.1 Å². The largest absolute Gasteiger partial charge is 0.379 e. The molecule has 0 saturated heterocycles. The van der Waals surface area contributed by atoms with Crippen molar-refractivity contribution in [1.29, 1.82) is 0 Å². The van der Waals surface area contributed by atoms with E-state index in [9.17, 15) is 0 Å². The van der Waals surface area contributed by atoms with Crippen LogP contribution in [-0.2, 0) is 9.47 Å². The molecular formula is C12H25NO2. The zero-order valence-electron chi connectivity index (χ0n) is 10.3. The summed E-state index contributed by atoms with van der Waals surface area (Å²) in [5.41, 5.74) is 6.43. The molecule has 2 N–H and O–H groups in total. The highest BCUT2D eigenvalue weighted by atomic mass is 16.5. The summed E-state index contributed by atoms with van der Waals surface area (Å²) < 4.78 is 11.0. The Labute approximate surface area is 93.3 Å². The fourth-order valence-electron chi connectivity index (χ4n) is 2.13. The highest BCUT2D eigenvalue weighted by Gasteiger charge is 2.33. The van der Waals surface area contributed by atoms with Gasteiger partial charge in [0.2, 0.25) is 0 Å². The molecule has 90 valence electrons. The molecule has 1 aliphatic rings. The molecule has 0 spiro atoms. The zero-order chi connectivity index (χ0) is 11.3. The van der Waals surface area contributed by atoms with Crippen molar-refractivity contribution in [1.82, 2.24) is 0 Å². The summed E-state index contributed by atoms with van der Waals surface area (Å²) in [4.78, 5) is 0. The van der Waals surface area contributed by atoms with Crippen molar-refractivity contribution in [2.75, 3.05) is 19.8 Å². The highest BCUT2D eigenvalue weighted by molar-refractivity contribution is 4.87.